The van der Waals surface area contributed by atoms with E-state index in [2.05, 4.69) is 70.0 Å². The van der Waals surface area contributed by atoms with E-state index in [-0.39, 0.29) is 16.7 Å². The van der Waals surface area contributed by atoms with Crippen molar-refractivity contribution in [3.05, 3.63) is 59.4 Å². The lowest BCUT2D eigenvalue weighted by Gasteiger charge is -2.32. The molecule has 1 N–H and O–H groups in total. The van der Waals surface area contributed by atoms with Crippen LogP contribution in [0.3, 0.4) is 0 Å². The second-order valence-electron chi connectivity index (χ2n) is 11.2. The number of nitrogens with zero attached hydrogens (tertiary/aromatic N) is 1. The summed E-state index contributed by atoms with van der Waals surface area (Å²) in [5.74, 6) is 0.639. The predicted molar refractivity (Wildman–Crippen MR) is 144 cm³/mol. The van der Waals surface area contributed by atoms with Crippen LogP contribution in [0.1, 0.15) is 83.9 Å². The van der Waals surface area contributed by atoms with Crippen molar-refractivity contribution in [3.8, 4) is 0 Å². The number of rotatable bonds is 7. The molecule has 1 heterocycles. The van der Waals surface area contributed by atoms with Crippen LogP contribution in [0.25, 0.3) is 0 Å². The Morgan fingerprint density at radius 1 is 1.00 bits per heavy atom. The fraction of sp³-hybridized carbons (Fsp3) is 0.571. The average Bonchev–Trinajstić information content (AvgIpc) is 2.76. The van der Waals surface area contributed by atoms with E-state index < -0.39 is 0 Å². The highest BCUT2D eigenvalue weighted by molar-refractivity contribution is 8.04. The van der Waals surface area contributed by atoms with Gasteiger partial charge < -0.3 is 5.32 Å². The Kier molecular flexibility index (Phi) is 8.96. The second kappa shape index (κ2) is 11.3. The standard InChI is InChI=1S/C28H40N2OS2/c1-27(2,3)21-14-22(28(4,5)6)16-23(15-21)33-25-12-8-7-11-24(25)32-19-26(31)30-18-20-10-9-13-29-17-20/h9-10,13-17,24-25H,7-8,11-12,18-19H2,1-6H3,(H,30,31)/t24-,25-/m1/s1. The van der Waals surface area contributed by atoms with Gasteiger partial charge >= 0.3 is 0 Å². The van der Waals surface area contributed by atoms with E-state index in [9.17, 15) is 4.79 Å². The molecule has 33 heavy (non-hydrogen) atoms. The Hall–Kier alpha value is -1.46. The Morgan fingerprint density at radius 2 is 1.64 bits per heavy atom. The van der Waals surface area contributed by atoms with Crippen molar-refractivity contribution >= 4 is 29.4 Å². The van der Waals surface area contributed by atoms with Crippen molar-refractivity contribution in [2.24, 2.45) is 0 Å². The minimum Gasteiger partial charge on any atom is -0.351 e. The third-order valence-electron chi connectivity index (χ3n) is 6.21. The van der Waals surface area contributed by atoms with Crippen LogP contribution in [0.4, 0.5) is 0 Å². The molecule has 0 bridgehead atoms. The molecule has 1 fully saturated rings. The summed E-state index contributed by atoms with van der Waals surface area (Å²) in [7, 11) is 0. The first-order chi connectivity index (χ1) is 15.5. The van der Waals surface area contributed by atoms with Gasteiger partial charge in [0.15, 0.2) is 0 Å². The van der Waals surface area contributed by atoms with Crippen LogP contribution >= 0.6 is 23.5 Å². The molecule has 2 atom stereocenters. The van der Waals surface area contributed by atoms with Gasteiger partial charge in [0.2, 0.25) is 5.91 Å². The molecule has 0 saturated heterocycles. The van der Waals surface area contributed by atoms with Gasteiger partial charge in [0.1, 0.15) is 0 Å². The fourth-order valence-corrected chi connectivity index (χ4v) is 6.90. The zero-order valence-electron chi connectivity index (χ0n) is 21.1. The van der Waals surface area contributed by atoms with Gasteiger partial charge in [0.25, 0.3) is 0 Å². The number of benzene rings is 1. The normalized spacial score (nSPS) is 19.3. The highest BCUT2D eigenvalue weighted by Gasteiger charge is 2.28. The summed E-state index contributed by atoms with van der Waals surface area (Å²) in [6.45, 7) is 14.3. The summed E-state index contributed by atoms with van der Waals surface area (Å²) in [4.78, 5) is 18.0. The van der Waals surface area contributed by atoms with Crippen LogP contribution in [0.2, 0.25) is 0 Å². The lowest BCUT2D eigenvalue weighted by molar-refractivity contribution is -0.118. The van der Waals surface area contributed by atoms with Crippen LogP contribution < -0.4 is 5.32 Å². The van der Waals surface area contributed by atoms with Crippen molar-refractivity contribution in [2.75, 3.05) is 5.75 Å². The van der Waals surface area contributed by atoms with Gasteiger partial charge in [-0.1, -0.05) is 66.5 Å². The summed E-state index contributed by atoms with van der Waals surface area (Å²) in [6, 6.07) is 11.1. The number of pyridine rings is 1. The van der Waals surface area contributed by atoms with E-state index in [1.807, 2.05) is 35.7 Å². The van der Waals surface area contributed by atoms with Crippen molar-refractivity contribution in [1.29, 1.82) is 0 Å². The Labute approximate surface area is 209 Å². The molecule has 1 aromatic carbocycles. The first-order valence-electron chi connectivity index (χ1n) is 12.1. The number of amides is 1. The Balaban J connectivity index is 1.64. The maximum absolute atomic E-state index is 12.5. The van der Waals surface area contributed by atoms with Crippen molar-refractivity contribution < 1.29 is 4.79 Å². The summed E-state index contributed by atoms with van der Waals surface area (Å²) in [5, 5.41) is 4.12. The number of hydrogen-bond acceptors (Lipinski definition) is 4. The molecule has 180 valence electrons. The van der Waals surface area contributed by atoms with Crippen molar-refractivity contribution in [3.63, 3.8) is 0 Å². The van der Waals surface area contributed by atoms with Crippen LogP contribution in [0.15, 0.2) is 47.6 Å². The molecule has 0 aliphatic heterocycles. The number of nitrogens with one attached hydrogen (secondary N) is 1. The summed E-state index contributed by atoms with van der Waals surface area (Å²) >= 11 is 3.87. The molecule has 2 aromatic rings. The van der Waals surface area contributed by atoms with E-state index in [0.29, 0.717) is 22.8 Å². The lowest BCUT2D eigenvalue weighted by atomic mass is 9.81. The van der Waals surface area contributed by atoms with Gasteiger partial charge in [-0.05, 0) is 58.6 Å². The summed E-state index contributed by atoms with van der Waals surface area (Å²) in [5.41, 5.74) is 4.11. The van der Waals surface area contributed by atoms with Crippen LogP contribution in [-0.2, 0) is 22.2 Å². The Morgan fingerprint density at radius 3 is 2.21 bits per heavy atom. The highest BCUT2D eigenvalue weighted by Crippen LogP contribution is 2.42. The molecule has 1 saturated carbocycles. The molecular formula is C28H40N2OS2. The van der Waals surface area contributed by atoms with Gasteiger partial charge in [-0.2, -0.15) is 0 Å². The fourth-order valence-electron chi connectivity index (χ4n) is 4.03. The molecule has 1 amide bonds. The number of aromatic nitrogens is 1. The number of thioether (sulfide) groups is 2. The average molecular weight is 485 g/mol. The first kappa shape index (κ1) is 26.2. The first-order valence-corrected chi connectivity index (χ1v) is 14.0. The Bertz CT molecular complexity index is 883. The van der Waals surface area contributed by atoms with Crippen molar-refractivity contribution in [1.82, 2.24) is 10.3 Å². The molecule has 5 heteroatoms. The third kappa shape index (κ3) is 8.06. The van der Waals surface area contributed by atoms with E-state index in [1.54, 1.807) is 12.4 Å². The zero-order chi connectivity index (χ0) is 24.1. The van der Waals surface area contributed by atoms with Gasteiger partial charge in [-0.3, -0.25) is 9.78 Å². The van der Waals surface area contributed by atoms with E-state index in [1.165, 1.54) is 41.7 Å². The number of carbonyl (C=O) groups is 1. The molecular weight excluding hydrogens is 444 g/mol. The monoisotopic (exact) mass is 484 g/mol. The smallest absolute Gasteiger partial charge is 0.230 e. The van der Waals surface area contributed by atoms with Crippen LogP contribution in [-0.4, -0.2) is 27.1 Å². The number of carbonyl (C=O) groups excluding carboxylic acids is 1. The minimum absolute atomic E-state index is 0.114. The lowest BCUT2D eigenvalue weighted by Crippen LogP contribution is -2.29. The molecule has 0 unspecified atom stereocenters. The zero-order valence-corrected chi connectivity index (χ0v) is 22.7. The molecule has 3 rings (SSSR count). The van der Waals surface area contributed by atoms with Crippen LogP contribution in [0, 0.1) is 0 Å². The van der Waals surface area contributed by atoms with E-state index >= 15 is 0 Å². The quantitative estimate of drug-likeness (QED) is 0.454. The highest BCUT2D eigenvalue weighted by atomic mass is 32.2. The molecule has 1 aromatic heterocycles. The molecule has 1 aliphatic carbocycles. The second-order valence-corrected chi connectivity index (χ2v) is 13.7. The van der Waals surface area contributed by atoms with Gasteiger partial charge in [0.05, 0.1) is 5.75 Å². The predicted octanol–water partition coefficient (Wildman–Crippen LogP) is 7.13. The van der Waals surface area contributed by atoms with Crippen LogP contribution in [0.5, 0.6) is 0 Å². The maximum Gasteiger partial charge on any atom is 0.230 e. The van der Waals surface area contributed by atoms with E-state index in [0.717, 1.165) is 5.56 Å². The van der Waals surface area contributed by atoms with Gasteiger partial charge in [0, 0.05) is 34.3 Å². The van der Waals surface area contributed by atoms with Gasteiger partial charge in [-0.25, -0.2) is 0 Å². The molecule has 0 spiro atoms. The SMILES string of the molecule is CC(C)(C)c1cc(S[C@@H]2CCCC[C@H]2SCC(=O)NCc2cccnc2)cc(C(C)(C)C)c1. The third-order valence-corrected chi connectivity index (χ3v) is 9.18. The van der Waals surface area contributed by atoms with Gasteiger partial charge in [-0.15, -0.1) is 23.5 Å². The topological polar surface area (TPSA) is 42.0 Å². The molecule has 0 radical (unpaired) electrons. The largest absolute Gasteiger partial charge is 0.351 e. The minimum atomic E-state index is 0.114. The van der Waals surface area contributed by atoms with Crippen molar-refractivity contribution in [2.45, 2.75) is 100.0 Å². The summed E-state index contributed by atoms with van der Waals surface area (Å²) < 4.78 is 0. The van der Waals surface area contributed by atoms with E-state index in [4.69, 9.17) is 0 Å². The molecule has 1 aliphatic rings. The summed E-state index contributed by atoms with van der Waals surface area (Å²) in [6.07, 6.45) is 8.53. The molecule has 3 nitrogen and oxygen atoms in total. The maximum atomic E-state index is 12.5. The number of hydrogen-bond donors (Lipinski definition) is 1.